The Labute approximate surface area is 168 Å². The average Bonchev–Trinajstić information content (AvgIpc) is 3.09. The van der Waals surface area contributed by atoms with Crippen LogP contribution >= 0.6 is 0 Å². The van der Waals surface area contributed by atoms with E-state index in [1.54, 1.807) is 10.9 Å². The fraction of sp³-hybridized carbons (Fsp3) is 0.381. The van der Waals surface area contributed by atoms with E-state index in [9.17, 15) is 9.59 Å². The van der Waals surface area contributed by atoms with Crippen molar-refractivity contribution in [2.45, 2.75) is 13.5 Å². The zero-order valence-corrected chi connectivity index (χ0v) is 16.5. The number of carbonyl (C=O) groups excluding carboxylic acids is 1. The molecule has 1 N–H and O–H groups in total. The zero-order chi connectivity index (χ0) is 20.2. The van der Waals surface area contributed by atoms with Crippen molar-refractivity contribution in [2.24, 2.45) is 0 Å². The summed E-state index contributed by atoms with van der Waals surface area (Å²) in [5, 5.41) is 7.97. The molecule has 0 atom stereocenters. The van der Waals surface area contributed by atoms with Gasteiger partial charge in [-0.25, -0.2) is 4.68 Å². The number of ether oxygens (including phenoxy) is 1. The summed E-state index contributed by atoms with van der Waals surface area (Å²) < 4.78 is 8.52. The van der Waals surface area contributed by atoms with Gasteiger partial charge in [0.1, 0.15) is 6.54 Å². The lowest BCUT2D eigenvalue weighted by Crippen LogP contribution is -2.42. The summed E-state index contributed by atoms with van der Waals surface area (Å²) in [6, 6.07) is 11.5. The van der Waals surface area contributed by atoms with Gasteiger partial charge in [0.25, 0.3) is 5.56 Å². The topological polar surface area (TPSA) is 81.4 Å². The van der Waals surface area contributed by atoms with Gasteiger partial charge in [0, 0.05) is 32.4 Å². The number of hydrogen-bond acceptors (Lipinski definition) is 5. The summed E-state index contributed by atoms with van der Waals surface area (Å²) in [5.74, 6) is -0.173. The molecule has 1 aliphatic rings. The van der Waals surface area contributed by atoms with E-state index in [-0.39, 0.29) is 18.0 Å². The minimum atomic E-state index is -0.203. The molecule has 1 fully saturated rings. The van der Waals surface area contributed by atoms with Crippen molar-refractivity contribution < 1.29 is 9.53 Å². The lowest BCUT2D eigenvalue weighted by molar-refractivity contribution is -0.121. The highest BCUT2D eigenvalue weighted by atomic mass is 16.5. The number of benzene rings is 1. The van der Waals surface area contributed by atoms with Gasteiger partial charge in [-0.2, -0.15) is 5.10 Å². The maximum Gasteiger partial charge on any atom is 0.262 e. The summed E-state index contributed by atoms with van der Waals surface area (Å²) in [7, 11) is 0. The minimum absolute atomic E-state index is 0.00611. The van der Waals surface area contributed by atoms with Gasteiger partial charge in [-0.3, -0.25) is 14.5 Å². The number of pyridine rings is 1. The van der Waals surface area contributed by atoms with E-state index in [0.717, 1.165) is 44.1 Å². The minimum Gasteiger partial charge on any atom is -0.379 e. The molecule has 4 rings (SSSR count). The quantitative estimate of drug-likeness (QED) is 0.672. The van der Waals surface area contributed by atoms with Crippen molar-refractivity contribution in [2.75, 3.05) is 39.4 Å². The smallest absolute Gasteiger partial charge is 0.262 e. The summed E-state index contributed by atoms with van der Waals surface area (Å²) in [6.45, 7) is 6.39. The highest BCUT2D eigenvalue weighted by Crippen LogP contribution is 2.18. The Kier molecular flexibility index (Phi) is 5.73. The van der Waals surface area contributed by atoms with Crippen LogP contribution in [0.3, 0.4) is 0 Å². The number of aromatic nitrogens is 3. The molecule has 2 aromatic heterocycles. The Morgan fingerprint density at radius 3 is 2.69 bits per heavy atom. The van der Waals surface area contributed by atoms with E-state index >= 15 is 0 Å². The molecule has 3 aromatic rings. The summed E-state index contributed by atoms with van der Waals surface area (Å²) in [6.07, 6.45) is 1.66. The van der Waals surface area contributed by atoms with Gasteiger partial charge in [-0.1, -0.05) is 18.2 Å². The molecule has 8 heteroatoms. The molecule has 0 unspecified atom stereocenters. The molecule has 1 saturated heterocycles. The number of morpholine rings is 1. The van der Waals surface area contributed by atoms with Crippen molar-refractivity contribution in [1.29, 1.82) is 0 Å². The van der Waals surface area contributed by atoms with E-state index in [0.29, 0.717) is 17.6 Å². The molecule has 0 aliphatic carbocycles. The fourth-order valence-corrected chi connectivity index (χ4v) is 3.61. The van der Waals surface area contributed by atoms with Crippen LogP contribution in [0.5, 0.6) is 0 Å². The largest absolute Gasteiger partial charge is 0.379 e. The standard InChI is InChI=1S/C21H25N5O3/c1-16-20-18(26(23-16)17-5-3-2-4-6-17)7-9-25(21(20)28)15-19(27)22-8-10-24-11-13-29-14-12-24/h2-7,9H,8,10-15H2,1H3,(H,22,27). The molecular formula is C21H25N5O3. The number of carbonyl (C=O) groups is 1. The Balaban J connectivity index is 1.47. The molecule has 1 aliphatic heterocycles. The zero-order valence-electron chi connectivity index (χ0n) is 16.5. The van der Waals surface area contributed by atoms with Crippen LogP contribution in [0.2, 0.25) is 0 Å². The van der Waals surface area contributed by atoms with Gasteiger partial charge in [-0.15, -0.1) is 0 Å². The van der Waals surface area contributed by atoms with Gasteiger partial charge >= 0.3 is 0 Å². The molecule has 3 heterocycles. The van der Waals surface area contributed by atoms with E-state index in [1.165, 1.54) is 4.57 Å². The van der Waals surface area contributed by atoms with Gasteiger partial charge in [-0.05, 0) is 25.1 Å². The summed E-state index contributed by atoms with van der Waals surface area (Å²) in [4.78, 5) is 27.5. The number of nitrogens with zero attached hydrogens (tertiary/aromatic N) is 4. The van der Waals surface area contributed by atoms with Crippen molar-refractivity contribution in [3.8, 4) is 5.69 Å². The monoisotopic (exact) mass is 395 g/mol. The molecule has 8 nitrogen and oxygen atoms in total. The fourth-order valence-electron chi connectivity index (χ4n) is 3.61. The maximum absolute atomic E-state index is 13.0. The van der Waals surface area contributed by atoms with Gasteiger partial charge in [0.15, 0.2) is 0 Å². The first-order chi connectivity index (χ1) is 14.1. The van der Waals surface area contributed by atoms with Crippen molar-refractivity contribution >= 4 is 16.8 Å². The Hall–Kier alpha value is -2.97. The van der Waals surface area contributed by atoms with Gasteiger partial charge in [0.2, 0.25) is 5.91 Å². The first-order valence-corrected chi connectivity index (χ1v) is 9.84. The second-order valence-corrected chi connectivity index (χ2v) is 7.15. The van der Waals surface area contributed by atoms with E-state index < -0.39 is 0 Å². The number of amides is 1. The normalized spacial score (nSPS) is 14.9. The first-order valence-electron chi connectivity index (χ1n) is 9.84. The lowest BCUT2D eigenvalue weighted by atomic mass is 10.2. The number of fused-ring (bicyclic) bond motifs is 1. The Morgan fingerprint density at radius 1 is 1.17 bits per heavy atom. The van der Waals surface area contributed by atoms with Crippen LogP contribution in [0.25, 0.3) is 16.6 Å². The molecule has 1 amide bonds. The third kappa shape index (κ3) is 4.23. The predicted molar refractivity (Wildman–Crippen MR) is 110 cm³/mol. The van der Waals surface area contributed by atoms with E-state index in [4.69, 9.17) is 4.74 Å². The highest BCUT2D eigenvalue weighted by molar-refractivity contribution is 5.83. The van der Waals surface area contributed by atoms with Crippen LogP contribution < -0.4 is 10.9 Å². The van der Waals surface area contributed by atoms with Crippen molar-refractivity contribution in [3.05, 3.63) is 58.6 Å². The second kappa shape index (κ2) is 8.59. The molecule has 152 valence electrons. The average molecular weight is 395 g/mol. The number of para-hydroxylation sites is 1. The molecule has 0 saturated carbocycles. The maximum atomic E-state index is 13.0. The van der Waals surface area contributed by atoms with Gasteiger partial charge < -0.3 is 14.6 Å². The van der Waals surface area contributed by atoms with Crippen molar-refractivity contribution in [1.82, 2.24) is 24.6 Å². The molecule has 0 spiro atoms. The summed E-state index contributed by atoms with van der Waals surface area (Å²) >= 11 is 0. The van der Waals surface area contributed by atoms with E-state index in [1.807, 2.05) is 43.3 Å². The summed E-state index contributed by atoms with van der Waals surface area (Å²) in [5.41, 5.74) is 2.08. The molecule has 0 bridgehead atoms. The van der Waals surface area contributed by atoms with E-state index in [2.05, 4.69) is 15.3 Å². The molecule has 29 heavy (non-hydrogen) atoms. The van der Waals surface area contributed by atoms with Crippen LogP contribution in [0.1, 0.15) is 5.69 Å². The Morgan fingerprint density at radius 2 is 1.93 bits per heavy atom. The number of rotatable bonds is 6. The Bertz CT molecular complexity index is 1050. The number of nitrogens with one attached hydrogen (secondary N) is 1. The third-order valence-corrected chi connectivity index (χ3v) is 5.15. The third-order valence-electron chi connectivity index (χ3n) is 5.15. The van der Waals surface area contributed by atoms with Crippen LogP contribution in [0.4, 0.5) is 0 Å². The van der Waals surface area contributed by atoms with Crippen LogP contribution in [0.15, 0.2) is 47.4 Å². The van der Waals surface area contributed by atoms with Crippen LogP contribution in [-0.4, -0.2) is 64.5 Å². The first kappa shape index (κ1) is 19.4. The lowest BCUT2D eigenvalue weighted by Gasteiger charge is -2.26. The van der Waals surface area contributed by atoms with Crippen LogP contribution in [0, 0.1) is 6.92 Å². The molecule has 0 radical (unpaired) electrons. The molecule has 1 aromatic carbocycles. The number of hydrogen-bond donors (Lipinski definition) is 1. The van der Waals surface area contributed by atoms with Crippen molar-refractivity contribution in [3.63, 3.8) is 0 Å². The SMILES string of the molecule is Cc1nn(-c2ccccc2)c2ccn(CC(=O)NCCN3CCOCC3)c(=O)c12. The second-order valence-electron chi connectivity index (χ2n) is 7.15. The predicted octanol–water partition coefficient (Wildman–Crippen LogP) is 0.944. The highest BCUT2D eigenvalue weighted by Gasteiger charge is 2.15. The number of aryl methyl sites for hydroxylation is 1. The van der Waals surface area contributed by atoms with Gasteiger partial charge in [0.05, 0.1) is 35.5 Å². The molecular weight excluding hydrogens is 370 g/mol. The van der Waals surface area contributed by atoms with Crippen LogP contribution in [-0.2, 0) is 16.1 Å².